The molecule has 0 aromatic carbocycles. The second kappa shape index (κ2) is 4.98. The van der Waals surface area contributed by atoms with Crippen molar-refractivity contribution in [2.45, 2.75) is 25.8 Å². The summed E-state index contributed by atoms with van der Waals surface area (Å²) < 4.78 is 0. The van der Waals surface area contributed by atoms with Crippen molar-refractivity contribution >= 4 is 23.1 Å². The number of thiophene rings is 1. The minimum Gasteiger partial charge on any atom is -0.409 e. The van der Waals surface area contributed by atoms with Gasteiger partial charge < -0.3 is 16.3 Å². The molecule has 4 N–H and O–H groups in total. The van der Waals surface area contributed by atoms with Crippen LogP contribution in [0.25, 0.3) is 0 Å². The third kappa shape index (κ3) is 3.23. The smallest absolute Gasteiger partial charge is 0.226 e. The molecule has 0 saturated heterocycles. The van der Waals surface area contributed by atoms with E-state index in [9.17, 15) is 4.79 Å². The van der Waals surface area contributed by atoms with Gasteiger partial charge in [-0.05, 0) is 25.3 Å². The van der Waals surface area contributed by atoms with E-state index in [0.717, 1.165) is 4.88 Å². The van der Waals surface area contributed by atoms with E-state index < -0.39 is 5.54 Å². The molecule has 0 aliphatic carbocycles. The molecule has 88 valence electrons. The summed E-state index contributed by atoms with van der Waals surface area (Å²) in [5, 5.41) is 16.1. The van der Waals surface area contributed by atoms with E-state index in [1.807, 2.05) is 17.5 Å². The first-order valence-electron chi connectivity index (χ1n) is 4.77. The van der Waals surface area contributed by atoms with Crippen molar-refractivity contribution in [3.63, 3.8) is 0 Å². The van der Waals surface area contributed by atoms with E-state index in [4.69, 9.17) is 10.9 Å². The summed E-state index contributed by atoms with van der Waals surface area (Å²) in [7, 11) is 0. The molecule has 0 saturated carbocycles. The molecule has 0 bridgehead atoms. The number of nitrogens with zero attached hydrogens (tertiary/aromatic N) is 1. The van der Waals surface area contributed by atoms with Gasteiger partial charge in [-0.2, -0.15) is 0 Å². The quantitative estimate of drug-likeness (QED) is 0.317. The molecule has 6 heteroatoms. The lowest BCUT2D eigenvalue weighted by molar-refractivity contribution is -0.121. The molecule has 1 aromatic heterocycles. The number of carbonyl (C=O) groups excluding carboxylic acids is 1. The normalized spacial score (nSPS) is 12.5. The predicted octanol–water partition coefficient (Wildman–Crippen LogP) is 0.932. The zero-order chi connectivity index (χ0) is 12.2. The molecule has 0 fully saturated rings. The Kier molecular flexibility index (Phi) is 3.89. The molecular formula is C10H15N3O2S. The lowest BCUT2D eigenvalue weighted by Gasteiger charge is -2.24. The Morgan fingerprint density at radius 3 is 2.88 bits per heavy atom. The molecule has 1 heterocycles. The SMILES string of the molecule is CC(C)(NC(=O)Cc1cccs1)/C(N)=N/O. The van der Waals surface area contributed by atoms with Gasteiger partial charge in [-0.3, -0.25) is 4.79 Å². The number of hydrogen-bond donors (Lipinski definition) is 3. The topological polar surface area (TPSA) is 87.7 Å². The second-order valence-corrected chi connectivity index (χ2v) is 4.95. The van der Waals surface area contributed by atoms with E-state index in [1.54, 1.807) is 13.8 Å². The van der Waals surface area contributed by atoms with Gasteiger partial charge >= 0.3 is 0 Å². The maximum atomic E-state index is 11.6. The highest BCUT2D eigenvalue weighted by Crippen LogP contribution is 2.10. The summed E-state index contributed by atoms with van der Waals surface area (Å²) in [5.74, 6) is -0.175. The van der Waals surface area contributed by atoms with Crippen LogP contribution in [-0.4, -0.2) is 22.5 Å². The summed E-state index contributed by atoms with van der Waals surface area (Å²) in [5.41, 5.74) is 4.62. The Labute approximate surface area is 98.0 Å². The molecule has 1 rings (SSSR count). The lowest BCUT2D eigenvalue weighted by Crippen LogP contribution is -2.53. The third-order valence-electron chi connectivity index (χ3n) is 2.11. The van der Waals surface area contributed by atoms with Gasteiger partial charge in [0.05, 0.1) is 12.0 Å². The van der Waals surface area contributed by atoms with Gasteiger partial charge in [-0.1, -0.05) is 11.2 Å². The fourth-order valence-electron chi connectivity index (χ4n) is 1.15. The summed E-state index contributed by atoms with van der Waals surface area (Å²) >= 11 is 1.52. The number of amidine groups is 1. The van der Waals surface area contributed by atoms with Gasteiger partial charge in [0.1, 0.15) is 0 Å². The number of nitrogens with two attached hydrogens (primary N) is 1. The van der Waals surface area contributed by atoms with Gasteiger partial charge in [0.2, 0.25) is 5.91 Å². The Balaban J connectivity index is 2.58. The van der Waals surface area contributed by atoms with Crippen molar-refractivity contribution < 1.29 is 10.0 Å². The van der Waals surface area contributed by atoms with Gasteiger partial charge in [0.25, 0.3) is 0 Å². The van der Waals surface area contributed by atoms with Crippen LogP contribution in [0.3, 0.4) is 0 Å². The fourth-order valence-corrected chi connectivity index (χ4v) is 1.86. The molecular weight excluding hydrogens is 226 g/mol. The van der Waals surface area contributed by atoms with Gasteiger partial charge in [-0.25, -0.2) is 0 Å². The molecule has 0 unspecified atom stereocenters. The van der Waals surface area contributed by atoms with Crippen LogP contribution in [0.2, 0.25) is 0 Å². The van der Waals surface area contributed by atoms with Crippen molar-refractivity contribution in [3.05, 3.63) is 22.4 Å². The maximum absolute atomic E-state index is 11.6. The van der Waals surface area contributed by atoms with E-state index in [1.165, 1.54) is 11.3 Å². The van der Waals surface area contributed by atoms with Crippen LogP contribution < -0.4 is 11.1 Å². The molecule has 0 spiro atoms. The number of oxime groups is 1. The first-order valence-corrected chi connectivity index (χ1v) is 5.65. The van der Waals surface area contributed by atoms with Gasteiger partial charge in [0.15, 0.2) is 5.84 Å². The molecule has 0 aliphatic rings. The number of nitrogens with one attached hydrogen (secondary N) is 1. The first kappa shape index (κ1) is 12.5. The molecule has 16 heavy (non-hydrogen) atoms. The molecule has 0 aliphatic heterocycles. The van der Waals surface area contributed by atoms with Crippen molar-refractivity contribution in [2.75, 3.05) is 0 Å². The van der Waals surface area contributed by atoms with Crippen molar-refractivity contribution in [1.29, 1.82) is 0 Å². The van der Waals surface area contributed by atoms with Crippen LogP contribution in [-0.2, 0) is 11.2 Å². The Morgan fingerprint density at radius 2 is 2.38 bits per heavy atom. The maximum Gasteiger partial charge on any atom is 0.226 e. The number of carbonyl (C=O) groups is 1. The van der Waals surface area contributed by atoms with Crippen LogP contribution in [0.5, 0.6) is 0 Å². The Morgan fingerprint density at radius 1 is 1.69 bits per heavy atom. The fraction of sp³-hybridized carbons (Fsp3) is 0.400. The Hall–Kier alpha value is -1.56. The van der Waals surface area contributed by atoms with Crippen molar-refractivity contribution in [3.8, 4) is 0 Å². The summed E-state index contributed by atoms with van der Waals surface area (Å²) in [4.78, 5) is 12.6. The number of hydrogen-bond acceptors (Lipinski definition) is 4. The number of rotatable bonds is 4. The molecule has 0 radical (unpaired) electrons. The first-order chi connectivity index (χ1) is 7.45. The Bertz CT molecular complexity index is 385. The van der Waals surface area contributed by atoms with E-state index in [0.29, 0.717) is 6.42 Å². The van der Waals surface area contributed by atoms with Gasteiger partial charge in [-0.15, -0.1) is 11.3 Å². The largest absolute Gasteiger partial charge is 0.409 e. The zero-order valence-corrected chi connectivity index (χ0v) is 10.0. The lowest BCUT2D eigenvalue weighted by atomic mass is 10.0. The summed E-state index contributed by atoms with van der Waals surface area (Å²) in [6, 6.07) is 3.78. The monoisotopic (exact) mass is 241 g/mol. The standard InChI is InChI=1S/C10H15N3O2S/c1-10(2,9(11)13-15)12-8(14)6-7-4-3-5-16-7/h3-5,15H,6H2,1-2H3,(H2,11,13)(H,12,14). The summed E-state index contributed by atoms with van der Waals surface area (Å²) in [6.45, 7) is 3.35. The number of amides is 1. The highest BCUT2D eigenvalue weighted by molar-refractivity contribution is 7.10. The minimum atomic E-state index is -0.844. The second-order valence-electron chi connectivity index (χ2n) is 3.91. The minimum absolute atomic E-state index is 0.0213. The average Bonchev–Trinajstić information content (AvgIpc) is 2.67. The predicted molar refractivity (Wildman–Crippen MR) is 63.7 cm³/mol. The van der Waals surface area contributed by atoms with E-state index in [-0.39, 0.29) is 11.7 Å². The van der Waals surface area contributed by atoms with Crippen LogP contribution in [0.15, 0.2) is 22.7 Å². The highest BCUT2D eigenvalue weighted by Gasteiger charge is 2.25. The molecule has 5 nitrogen and oxygen atoms in total. The molecule has 1 amide bonds. The highest BCUT2D eigenvalue weighted by atomic mass is 32.1. The van der Waals surface area contributed by atoms with Crippen LogP contribution in [0.4, 0.5) is 0 Å². The van der Waals surface area contributed by atoms with Crippen molar-refractivity contribution in [2.24, 2.45) is 10.9 Å². The van der Waals surface area contributed by atoms with E-state index >= 15 is 0 Å². The van der Waals surface area contributed by atoms with Crippen LogP contribution >= 0.6 is 11.3 Å². The average molecular weight is 241 g/mol. The van der Waals surface area contributed by atoms with Crippen LogP contribution in [0, 0.1) is 0 Å². The molecule has 0 atom stereocenters. The third-order valence-corrected chi connectivity index (χ3v) is 2.99. The van der Waals surface area contributed by atoms with Crippen LogP contribution in [0.1, 0.15) is 18.7 Å². The van der Waals surface area contributed by atoms with Crippen molar-refractivity contribution in [1.82, 2.24) is 5.32 Å². The van der Waals surface area contributed by atoms with Gasteiger partial charge in [0, 0.05) is 4.88 Å². The molecule has 1 aromatic rings. The summed E-state index contributed by atoms with van der Waals surface area (Å²) in [6.07, 6.45) is 0.305. The van der Waals surface area contributed by atoms with E-state index in [2.05, 4.69) is 10.5 Å². The zero-order valence-electron chi connectivity index (χ0n) is 9.23.